The molecule has 0 radical (unpaired) electrons. The molecule has 0 bridgehead atoms. The SMILES string of the molecule is C#CC(=O)c1ccc(C)c(-n2c(C)nc(OCc3ccc(OC)cc3)c(Cl)c2=O)c1. The van der Waals surface area contributed by atoms with Gasteiger partial charge in [0.1, 0.15) is 18.2 Å². The highest BCUT2D eigenvalue weighted by Crippen LogP contribution is 2.23. The lowest BCUT2D eigenvalue weighted by Gasteiger charge is -2.15. The number of nitrogens with zero attached hydrogens (tertiary/aromatic N) is 2. The Labute approximate surface area is 179 Å². The van der Waals surface area contributed by atoms with Crippen LogP contribution >= 0.6 is 11.6 Å². The number of hydrogen-bond donors (Lipinski definition) is 0. The van der Waals surface area contributed by atoms with E-state index in [0.29, 0.717) is 17.1 Å². The highest BCUT2D eigenvalue weighted by atomic mass is 35.5. The number of aromatic nitrogens is 2. The Morgan fingerprint density at radius 3 is 2.53 bits per heavy atom. The van der Waals surface area contributed by atoms with Gasteiger partial charge in [-0.05, 0) is 55.2 Å². The molecule has 0 atom stereocenters. The lowest BCUT2D eigenvalue weighted by molar-refractivity contribution is 0.105. The molecule has 0 aliphatic rings. The molecule has 1 heterocycles. The third-order valence-corrected chi connectivity index (χ3v) is 4.87. The molecule has 30 heavy (non-hydrogen) atoms. The van der Waals surface area contributed by atoms with Crippen molar-refractivity contribution in [1.82, 2.24) is 9.55 Å². The number of carbonyl (C=O) groups excluding carboxylic acids is 1. The smallest absolute Gasteiger partial charge is 0.280 e. The van der Waals surface area contributed by atoms with Crippen LogP contribution in [0.3, 0.4) is 0 Å². The summed E-state index contributed by atoms with van der Waals surface area (Å²) in [4.78, 5) is 29.2. The van der Waals surface area contributed by atoms with E-state index in [-0.39, 0.29) is 17.5 Å². The fourth-order valence-corrected chi connectivity index (χ4v) is 3.09. The Morgan fingerprint density at radius 2 is 1.90 bits per heavy atom. The number of ether oxygens (including phenoxy) is 2. The molecule has 6 nitrogen and oxygen atoms in total. The van der Waals surface area contributed by atoms with Gasteiger partial charge in [-0.15, -0.1) is 6.42 Å². The minimum Gasteiger partial charge on any atom is -0.497 e. The summed E-state index contributed by atoms with van der Waals surface area (Å²) in [6, 6.07) is 12.2. The van der Waals surface area contributed by atoms with Crippen molar-refractivity contribution in [3.05, 3.63) is 80.4 Å². The topological polar surface area (TPSA) is 70.4 Å². The number of carbonyl (C=O) groups is 1. The molecule has 1 aromatic heterocycles. The van der Waals surface area contributed by atoms with E-state index in [1.54, 1.807) is 32.2 Å². The molecule has 0 aliphatic heterocycles. The number of terminal acetylenes is 1. The quantitative estimate of drug-likeness (QED) is 0.342. The maximum absolute atomic E-state index is 13.0. The van der Waals surface area contributed by atoms with Crippen LogP contribution in [0.2, 0.25) is 5.02 Å². The van der Waals surface area contributed by atoms with Gasteiger partial charge in [-0.25, -0.2) is 0 Å². The van der Waals surface area contributed by atoms with E-state index >= 15 is 0 Å². The second-order valence-electron chi connectivity index (χ2n) is 6.53. The number of methoxy groups -OCH3 is 1. The van der Waals surface area contributed by atoms with Crippen molar-refractivity contribution in [3.8, 4) is 29.7 Å². The van der Waals surface area contributed by atoms with Crippen LogP contribution in [0.5, 0.6) is 11.6 Å². The van der Waals surface area contributed by atoms with E-state index in [1.807, 2.05) is 31.2 Å². The molecule has 0 fully saturated rings. The molecule has 0 saturated carbocycles. The molecule has 0 spiro atoms. The monoisotopic (exact) mass is 422 g/mol. The van der Waals surface area contributed by atoms with Crippen molar-refractivity contribution < 1.29 is 14.3 Å². The van der Waals surface area contributed by atoms with E-state index in [1.165, 1.54) is 4.57 Å². The van der Waals surface area contributed by atoms with Crippen molar-refractivity contribution in [2.24, 2.45) is 0 Å². The fourth-order valence-electron chi connectivity index (χ4n) is 2.91. The predicted octanol–water partition coefficient (Wildman–Crippen LogP) is 3.91. The van der Waals surface area contributed by atoms with Crippen LogP contribution < -0.4 is 15.0 Å². The van der Waals surface area contributed by atoms with Crippen LogP contribution in [0.1, 0.15) is 27.3 Å². The van der Waals surface area contributed by atoms with Gasteiger partial charge in [0, 0.05) is 5.56 Å². The summed E-state index contributed by atoms with van der Waals surface area (Å²) >= 11 is 6.28. The molecular weight excluding hydrogens is 404 g/mol. The van der Waals surface area contributed by atoms with Gasteiger partial charge < -0.3 is 9.47 Å². The van der Waals surface area contributed by atoms with Gasteiger partial charge in [0.2, 0.25) is 11.7 Å². The first-order valence-electron chi connectivity index (χ1n) is 9.02. The van der Waals surface area contributed by atoms with Gasteiger partial charge in [-0.2, -0.15) is 4.98 Å². The number of ketones is 1. The first-order valence-corrected chi connectivity index (χ1v) is 9.40. The predicted molar refractivity (Wildman–Crippen MR) is 115 cm³/mol. The van der Waals surface area contributed by atoms with E-state index in [9.17, 15) is 9.59 Å². The Bertz CT molecular complexity index is 1210. The minimum absolute atomic E-state index is 0.0414. The van der Waals surface area contributed by atoms with Crippen LogP contribution in [0.25, 0.3) is 5.69 Å². The molecule has 0 N–H and O–H groups in total. The average Bonchev–Trinajstić information content (AvgIpc) is 2.76. The zero-order valence-corrected chi connectivity index (χ0v) is 17.5. The minimum atomic E-state index is -0.498. The zero-order valence-electron chi connectivity index (χ0n) is 16.7. The van der Waals surface area contributed by atoms with E-state index < -0.39 is 11.3 Å². The second kappa shape index (κ2) is 8.85. The Kier molecular flexibility index (Phi) is 6.24. The van der Waals surface area contributed by atoms with Crippen LogP contribution in [-0.4, -0.2) is 22.4 Å². The number of rotatable bonds is 6. The highest BCUT2D eigenvalue weighted by molar-refractivity contribution is 6.31. The van der Waals surface area contributed by atoms with Gasteiger partial charge in [-0.3, -0.25) is 14.2 Å². The molecule has 0 unspecified atom stereocenters. The second-order valence-corrected chi connectivity index (χ2v) is 6.91. The highest BCUT2D eigenvalue weighted by Gasteiger charge is 2.18. The van der Waals surface area contributed by atoms with Crippen LogP contribution in [-0.2, 0) is 6.61 Å². The van der Waals surface area contributed by atoms with E-state index in [2.05, 4.69) is 10.9 Å². The van der Waals surface area contributed by atoms with Crippen molar-refractivity contribution in [3.63, 3.8) is 0 Å². The summed E-state index contributed by atoms with van der Waals surface area (Å²) in [7, 11) is 1.59. The summed E-state index contributed by atoms with van der Waals surface area (Å²) in [6.45, 7) is 3.66. The number of aryl methyl sites for hydroxylation is 2. The maximum atomic E-state index is 13.0. The first kappa shape index (κ1) is 21.2. The van der Waals surface area contributed by atoms with E-state index in [4.69, 9.17) is 27.5 Å². The largest absolute Gasteiger partial charge is 0.497 e. The maximum Gasteiger partial charge on any atom is 0.280 e. The van der Waals surface area contributed by atoms with Gasteiger partial charge in [0.25, 0.3) is 5.56 Å². The fraction of sp³-hybridized carbons (Fsp3) is 0.174. The summed E-state index contributed by atoms with van der Waals surface area (Å²) in [5.74, 6) is 2.74. The number of halogens is 1. The Hall–Kier alpha value is -3.56. The average molecular weight is 423 g/mol. The van der Waals surface area contributed by atoms with Gasteiger partial charge in [0.05, 0.1) is 12.8 Å². The Balaban J connectivity index is 1.96. The zero-order chi connectivity index (χ0) is 21.8. The lowest BCUT2D eigenvalue weighted by Crippen LogP contribution is -2.24. The third kappa shape index (κ3) is 4.22. The van der Waals surface area contributed by atoms with Crippen LogP contribution in [0, 0.1) is 26.2 Å². The lowest BCUT2D eigenvalue weighted by atomic mass is 10.1. The molecule has 7 heteroatoms. The molecule has 0 aliphatic carbocycles. The molecule has 152 valence electrons. The van der Waals surface area contributed by atoms with Gasteiger partial charge >= 0.3 is 0 Å². The summed E-state index contributed by atoms with van der Waals surface area (Å²) in [5, 5.41) is -0.151. The molecule has 3 rings (SSSR count). The number of Topliss-reactive ketones (excluding diaryl/α,β-unsaturated/α-hetero) is 1. The van der Waals surface area contributed by atoms with Crippen molar-refractivity contribution in [2.45, 2.75) is 20.5 Å². The summed E-state index contributed by atoms with van der Waals surface area (Å²) in [6.07, 6.45) is 5.21. The normalized spacial score (nSPS) is 10.4. The summed E-state index contributed by atoms with van der Waals surface area (Å²) in [5.41, 5.74) is 1.92. The first-order chi connectivity index (χ1) is 14.3. The Morgan fingerprint density at radius 1 is 1.20 bits per heavy atom. The van der Waals surface area contributed by atoms with Gasteiger partial charge in [0.15, 0.2) is 5.02 Å². The molecule has 2 aromatic carbocycles. The van der Waals surface area contributed by atoms with Crippen molar-refractivity contribution in [1.29, 1.82) is 0 Å². The molecule has 3 aromatic rings. The van der Waals surface area contributed by atoms with Gasteiger partial charge in [-0.1, -0.05) is 29.8 Å². The van der Waals surface area contributed by atoms with Crippen LogP contribution in [0.4, 0.5) is 0 Å². The molecular formula is C23H19ClN2O4. The van der Waals surface area contributed by atoms with Crippen molar-refractivity contribution >= 4 is 17.4 Å². The number of hydrogen-bond acceptors (Lipinski definition) is 5. The third-order valence-electron chi connectivity index (χ3n) is 4.54. The summed E-state index contributed by atoms with van der Waals surface area (Å²) < 4.78 is 12.1. The molecule has 0 saturated heterocycles. The van der Waals surface area contributed by atoms with E-state index in [0.717, 1.165) is 16.9 Å². The van der Waals surface area contributed by atoms with Crippen LogP contribution in [0.15, 0.2) is 47.3 Å². The molecule has 0 amide bonds. The number of benzene rings is 2. The van der Waals surface area contributed by atoms with Crippen molar-refractivity contribution in [2.75, 3.05) is 7.11 Å². The standard InChI is InChI=1S/C23H19ClN2O4/c1-5-20(27)17-9-6-14(2)19(12-17)26-15(3)25-22(21(24)23(26)28)30-13-16-7-10-18(29-4)11-8-16/h1,6-12H,13H2,2-4H3.